The van der Waals surface area contributed by atoms with Crippen LogP contribution in [0.4, 0.5) is 0 Å². The van der Waals surface area contributed by atoms with Crippen LogP contribution in [0.15, 0.2) is 53.4 Å². The summed E-state index contributed by atoms with van der Waals surface area (Å²) in [6, 6.07) is 19.4. The third-order valence-corrected chi connectivity index (χ3v) is 2.58. The Balaban J connectivity index is 2.24. The van der Waals surface area contributed by atoms with Gasteiger partial charge in [-0.15, -0.1) is 12.6 Å². The minimum absolute atomic E-state index is 0.903. The Hall–Kier alpha value is -1.21. The molecule has 0 saturated heterocycles. The van der Waals surface area contributed by atoms with Crippen LogP contribution in [0.3, 0.4) is 0 Å². The van der Waals surface area contributed by atoms with Gasteiger partial charge in [-0.2, -0.15) is 0 Å². The molecule has 0 bridgehead atoms. The predicted octanol–water partition coefficient (Wildman–Crippen LogP) is 3.37. The van der Waals surface area contributed by atoms with Crippen molar-refractivity contribution in [3.05, 3.63) is 65.7 Å². The SMILES string of the molecule is Sc1ccccc1Cc1[c]cccc1. The summed E-state index contributed by atoms with van der Waals surface area (Å²) >= 11 is 4.41. The predicted molar refractivity (Wildman–Crippen MR) is 61.8 cm³/mol. The van der Waals surface area contributed by atoms with E-state index in [4.69, 9.17) is 0 Å². The average molecular weight is 199 g/mol. The highest BCUT2D eigenvalue weighted by molar-refractivity contribution is 7.80. The van der Waals surface area contributed by atoms with Crippen molar-refractivity contribution in [2.45, 2.75) is 11.3 Å². The number of hydrogen-bond donors (Lipinski definition) is 1. The van der Waals surface area contributed by atoms with E-state index in [0.29, 0.717) is 0 Å². The molecule has 0 atom stereocenters. The lowest BCUT2D eigenvalue weighted by Crippen LogP contribution is -1.88. The average Bonchev–Trinajstić information content (AvgIpc) is 2.23. The monoisotopic (exact) mass is 199 g/mol. The number of benzene rings is 2. The molecule has 0 aliphatic heterocycles. The van der Waals surface area contributed by atoms with Crippen LogP contribution >= 0.6 is 12.6 Å². The Morgan fingerprint density at radius 3 is 2.50 bits per heavy atom. The Morgan fingerprint density at radius 1 is 1.00 bits per heavy atom. The molecule has 0 fully saturated rings. The summed E-state index contributed by atoms with van der Waals surface area (Å²) in [5, 5.41) is 0. The molecular formula is C13H11S. The lowest BCUT2D eigenvalue weighted by atomic mass is 10.1. The van der Waals surface area contributed by atoms with Crippen molar-refractivity contribution in [3.8, 4) is 0 Å². The lowest BCUT2D eigenvalue weighted by Gasteiger charge is -2.03. The minimum atomic E-state index is 0.903. The van der Waals surface area contributed by atoms with Gasteiger partial charge in [-0.25, -0.2) is 0 Å². The number of rotatable bonds is 2. The molecule has 0 aliphatic carbocycles. The first-order chi connectivity index (χ1) is 6.86. The maximum absolute atomic E-state index is 4.41. The fraction of sp³-hybridized carbons (Fsp3) is 0.0769. The first kappa shape index (κ1) is 9.35. The van der Waals surface area contributed by atoms with Gasteiger partial charge in [0, 0.05) is 4.90 Å². The maximum Gasteiger partial charge on any atom is 0.00754 e. The summed E-state index contributed by atoms with van der Waals surface area (Å²) in [6.07, 6.45) is 0.903. The lowest BCUT2D eigenvalue weighted by molar-refractivity contribution is 1.13. The van der Waals surface area contributed by atoms with Crippen molar-refractivity contribution in [2.75, 3.05) is 0 Å². The molecule has 0 saturated carbocycles. The van der Waals surface area contributed by atoms with E-state index in [1.165, 1.54) is 11.1 Å². The smallest absolute Gasteiger partial charge is 0.00754 e. The second-order valence-corrected chi connectivity index (χ2v) is 3.68. The van der Waals surface area contributed by atoms with Crippen molar-refractivity contribution in [1.82, 2.24) is 0 Å². The third-order valence-electron chi connectivity index (χ3n) is 2.15. The Labute approximate surface area is 90.0 Å². The van der Waals surface area contributed by atoms with Gasteiger partial charge in [0.1, 0.15) is 0 Å². The number of thiol groups is 1. The van der Waals surface area contributed by atoms with Gasteiger partial charge < -0.3 is 0 Å². The van der Waals surface area contributed by atoms with Crippen molar-refractivity contribution >= 4 is 12.6 Å². The van der Waals surface area contributed by atoms with Gasteiger partial charge >= 0.3 is 0 Å². The first-order valence-electron chi connectivity index (χ1n) is 4.59. The molecule has 1 radical (unpaired) electrons. The van der Waals surface area contributed by atoms with E-state index in [9.17, 15) is 0 Å². The zero-order chi connectivity index (χ0) is 9.80. The highest BCUT2D eigenvalue weighted by Gasteiger charge is 1.98. The summed E-state index contributed by atoms with van der Waals surface area (Å²) in [7, 11) is 0. The molecule has 0 unspecified atom stereocenters. The molecule has 0 heterocycles. The molecule has 69 valence electrons. The van der Waals surface area contributed by atoms with Gasteiger partial charge in [0.05, 0.1) is 0 Å². The van der Waals surface area contributed by atoms with E-state index in [0.717, 1.165) is 11.3 Å². The van der Waals surface area contributed by atoms with Crippen LogP contribution in [-0.2, 0) is 6.42 Å². The molecule has 0 aromatic heterocycles. The van der Waals surface area contributed by atoms with Gasteiger partial charge in [0.2, 0.25) is 0 Å². The first-order valence-corrected chi connectivity index (χ1v) is 5.03. The van der Waals surface area contributed by atoms with E-state index in [1.54, 1.807) is 0 Å². The molecule has 2 aromatic rings. The molecule has 1 heteroatoms. The standard InChI is InChI=1S/C13H11S/c14-13-9-5-4-8-12(13)10-11-6-2-1-3-7-11/h1-6,8-9,14H,10H2. The summed E-state index contributed by atoms with van der Waals surface area (Å²) in [5.74, 6) is 0. The van der Waals surface area contributed by atoms with Gasteiger partial charge in [-0.1, -0.05) is 42.5 Å². The second kappa shape index (κ2) is 4.34. The zero-order valence-electron chi connectivity index (χ0n) is 7.77. The maximum atomic E-state index is 4.41. The van der Waals surface area contributed by atoms with E-state index in [-0.39, 0.29) is 0 Å². The van der Waals surface area contributed by atoms with Crippen LogP contribution in [0.5, 0.6) is 0 Å². The summed E-state index contributed by atoms with van der Waals surface area (Å²) in [5.41, 5.74) is 2.45. The van der Waals surface area contributed by atoms with Gasteiger partial charge in [0.25, 0.3) is 0 Å². The summed E-state index contributed by atoms with van der Waals surface area (Å²) in [4.78, 5) is 1.05. The van der Waals surface area contributed by atoms with Crippen LogP contribution in [0.1, 0.15) is 11.1 Å². The van der Waals surface area contributed by atoms with Crippen molar-refractivity contribution in [3.63, 3.8) is 0 Å². The molecule has 14 heavy (non-hydrogen) atoms. The summed E-state index contributed by atoms with van der Waals surface area (Å²) < 4.78 is 0. The highest BCUT2D eigenvalue weighted by Crippen LogP contribution is 2.16. The van der Waals surface area contributed by atoms with Gasteiger partial charge in [-0.3, -0.25) is 0 Å². The fourth-order valence-electron chi connectivity index (χ4n) is 1.41. The molecular weight excluding hydrogens is 188 g/mol. The molecule has 0 aliphatic rings. The van der Waals surface area contributed by atoms with E-state index >= 15 is 0 Å². The molecule has 0 nitrogen and oxygen atoms in total. The second-order valence-electron chi connectivity index (χ2n) is 3.19. The quantitative estimate of drug-likeness (QED) is 0.704. The Bertz CT molecular complexity index is 407. The molecule has 0 amide bonds. The Kier molecular flexibility index (Phi) is 2.90. The fourth-order valence-corrected chi connectivity index (χ4v) is 1.65. The topological polar surface area (TPSA) is 0 Å². The van der Waals surface area contributed by atoms with Crippen LogP contribution in [0.25, 0.3) is 0 Å². The Morgan fingerprint density at radius 2 is 1.79 bits per heavy atom. The van der Waals surface area contributed by atoms with E-state index in [1.807, 2.05) is 36.4 Å². The van der Waals surface area contributed by atoms with Crippen LogP contribution < -0.4 is 0 Å². The molecule has 0 spiro atoms. The van der Waals surface area contributed by atoms with E-state index in [2.05, 4.69) is 30.8 Å². The zero-order valence-corrected chi connectivity index (χ0v) is 8.67. The van der Waals surface area contributed by atoms with Crippen molar-refractivity contribution < 1.29 is 0 Å². The third kappa shape index (κ3) is 2.18. The minimum Gasteiger partial charge on any atom is -0.143 e. The van der Waals surface area contributed by atoms with Crippen LogP contribution in [0.2, 0.25) is 0 Å². The molecule has 0 N–H and O–H groups in total. The highest BCUT2D eigenvalue weighted by atomic mass is 32.1. The van der Waals surface area contributed by atoms with Crippen molar-refractivity contribution in [1.29, 1.82) is 0 Å². The van der Waals surface area contributed by atoms with Gasteiger partial charge in [0.15, 0.2) is 0 Å². The summed E-state index contributed by atoms with van der Waals surface area (Å²) in [6.45, 7) is 0. The van der Waals surface area contributed by atoms with Crippen LogP contribution in [-0.4, -0.2) is 0 Å². The number of hydrogen-bond acceptors (Lipinski definition) is 1. The molecule has 2 rings (SSSR count). The normalized spacial score (nSPS) is 10.1. The van der Waals surface area contributed by atoms with E-state index < -0.39 is 0 Å². The van der Waals surface area contributed by atoms with Crippen molar-refractivity contribution in [2.24, 2.45) is 0 Å². The molecule has 2 aromatic carbocycles. The van der Waals surface area contributed by atoms with Crippen LogP contribution in [0, 0.1) is 6.07 Å². The van der Waals surface area contributed by atoms with Gasteiger partial charge in [-0.05, 0) is 29.7 Å². The largest absolute Gasteiger partial charge is 0.143 e.